The average molecular weight is 112 g/mol. The molecule has 0 atom stereocenters. The molecule has 0 aromatic carbocycles. The summed E-state index contributed by atoms with van der Waals surface area (Å²) in [6, 6.07) is 0. The molecule has 0 aromatic heterocycles. The number of hydrogen-bond donors (Lipinski definition) is 0. The summed E-state index contributed by atoms with van der Waals surface area (Å²) < 4.78 is 4.92. The van der Waals surface area contributed by atoms with Gasteiger partial charge in [-0.1, -0.05) is 12.8 Å². The van der Waals surface area contributed by atoms with Crippen LogP contribution in [0.5, 0.6) is 0 Å². The Morgan fingerprint density at radius 3 is 2.50 bits per heavy atom. The molecule has 0 aliphatic heterocycles. The molecule has 46 valence electrons. The molecule has 0 spiro atoms. The molecule has 0 aliphatic rings. The van der Waals surface area contributed by atoms with Crippen LogP contribution in [0.1, 0.15) is 27.2 Å². The van der Waals surface area contributed by atoms with Gasteiger partial charge in [-0.3, -0.25) is 0 Å². The second-order valence-electron chi connectivity index (χ2n) is 1.80. The van der Waals surface area contributed by atoms with Crippen LogP contribution in [0.15, 0.2) is 0 Å². The Morgan fingerprint density at radius 2 is 2.12 bits per heavy atom. The predicted molar refractivity (Wildman–Crippen MR) is 34.3 cm³/mol. The van der Waals surface area contributed by atoms with E-state index in [1.165, 1.54) is 0 Å². The number of rotatable bonds is 1. The monoisotopic (exact) mass is 112 g/mol. The van der Waals surface area contributed by atoms with Crippen molar-refractivity contribution in [2.24, 2.45) is 0 Å². The Balaban J connectivity index is 3.15. The van der Waals surface area contributed by atoms with E-state index in [9.17, 15) is 0 Å². The van der Waals surface area contributed by atoms with Crippen molar-refractivity contribution < 1.29 is 4.74 Å². The van der Waals surface area contributed by atoms with Crippen molar-refractivity contribution in [2.45, 2.75) is 33.3 Å². The number of hydrogen-bond acceptors (Lipinski definition) is 1. The van der Waals surface area contributed by atoms with E-state index in [0.717, 1.165) is 6.42 Å². The standard InChI is InChI=1S/C7H12O/c1-4-5-6-8-7(2)3/h7H,4H2,1-3H3. The molecule has 0 aromatic rings. The first-order valence-corrected chi connectivity index (χ1v) is 2.91. The Kier molecular flexibility index (Phi) is 4.16. The van der Waals surface area contributed by atoms with Crippen LogP contribution in [0.4, 0.5) is 0 Å². The minimum atomic E-state index is 0.231. The topological polar surface area (TPSA) is 9.23 Å². The van der Waals surface area contributed by atoms with Crippen LogP contribution >= 0.6 is 0 Å². The van der Waals surface area contributed by atoms with Crippen molar-refractivity contribution in [3.05, 3.63) is 0 Å². The fourth-order valence-corrected chi connectivity index (χ4v) is 0.232. The lowest BCUT2D eigenvalue weighted by Crippen LogP contribution is -1.94. The Labute approximate surface area is 51.0 Å². The Hall–Kier alpha value is -0.640. The van der Waals surface area contributed by atoms with Crippen LogP contribution in [0, 0.1) is 12.0 Å². The minimum absolute atomic E-state index is 0.231. The molecule has 1 nitrogen and oxygen atoms in total. The van der Waals surface area contributed by atoms with E-state index in [0.29, 0.717) is 0 Å². The Bertz CT molecular complexity index is 94.7. The van der Waals surface area contributed by atoms with Crippen molar-refractivity contribution in [1.82, 2.24) is 0 Å². The van der Waals surface area contributed by atoms with Gasteiger partial charge in [0.05, 0.1) is 0 Å². The molecule has 0 amide bonds. The summed E-state index contributed by atoms with van der Waals surface area (Å²) in [7, 11) is 0. The smallest absolute Gasteiger partial charge is 0.110 e. The van der Waals surface area contributed by atoms with Gasteiger partial charge in [0, 0.05) is 6.42 Å². The minimum Gasteiger partial charge on any atom is -0.444 e. The fraction of sp³-hybridized carbons (Fsp3) is 0.714. The molecule has 0 radical (unpaired) electrons. The zero-order chi connectivity index (χ0) is 6.41. The highest BCUT2D eigenvalue weighted by atomic mass is 16.5. The second kappa shape index (κ2) is 4.52. The first kappa shape index (κ1) is 7.36. The van der Waals surface area contributed by atoms with Gasteiger partial charge in [0.1, 0.15) is 12.2 Å². The van der Waals surface area contributed by atoms with Crippen LogP contribution in [0.3, 0.4) is 0 Å². The second-order valence-corrected chi connectivity index (χ2v) is 1.80. The maximum Gasteiger partial charge on any atom is 0.110 e. The van der Waals surface area contributed by atoms with Crippen LogP contribution in [0.2, 0.25) is 0 Å². The molecule has 8 heavy (non-hydrogen) atoms. The van der Waals surface area contributed by atoms with Crippen LogP contribution in [-0.2, 0) is 4.74 Å². The van der Waals surface area contributed by atoms with Crippen LogP contribution in [0.25, 0.3) is 0 Å². The van der Waals surface area contributed by atoms with Crippen molar-refractivity contribution in [3.63, 3.8) is 0 Å². The summed E-state index contributed by atoms with van der Waals surface area (Å²) in [5.41, 5.74) is 0. The summed E-state index contributed by atoms with van der Waals surface area (Å²) in [6.07, 6.45) is 3.68. The van der Waals surface area contributed by atoms with Crippen LogP contribution < -0.4 is 0 Å². The maximum atomic E-state index is 4.92. The normalized spacial score (nSPS) is 8.00. The van der Waals surface area contributed by atoms with Crippen molar-refractivity contribution in [1.29, 1.82) is 0 Å². The quantitative estimate of drug-likeness (QED) is 0.470. The van der Waals surface area contributed by atoms with Crippen molar-refractivity contribution >= 4 is 0 Å². The summed E-state index contributed by atoms with van der Waals surface area (Å²) in [4.78, 5) is 0. The molecule has 0 fully saturated rings. The zero-order valence-corrected chi connectivity index (χ0v) is 5.69. The van der Waals surface area contributed by atoms with Gasteiger partial charge in [-0.2, -0.15) is 0 Å². The molecule has 0 N–H and O–H groups in total. The summed E-state index contributed by atoms with van der Waals surface area (Å²) in [5, 5.41) is 0. The summed E-state index contributed by atoms with van der Waals surface area (Å²) >= 11 is 0. The molecule has 0 unspecified atom stereocenters. The summed E-state index contributed by atoms with van der Waals surface area (Å²) in [5.74, 6) is 2.81. The van der Waals surface area contributed by atoms with E-state index in [2.05, 4.69) is 12.0 Å². The van der Waals surface area contributed by atoms with E-state index in [1.54, 1.807) is 0 Å². The van der Waals surface area contributed by atoms with E-state index in [1.807, 2.05) is 20.8 Å². The Morgan fingerprint density at radius 1 is 1.50 bits per heavy atom. The van der Waals surface area contributed by atoms with Gasteiger partial charge >= 0.3 is 0 Å². The van der Waals surface area contributed by atoms with Gasteiger partial charge in [-0.25, -0.2) is 0 Å². The van der Waals surface area contributed by atoms with E-state index >= 15 is 0 Å². The first-order valence-electron chi connectivity index (χ1n) is 2.91. The first-order chi connectivity index (χ1) is 3.77. The molecule has 0 saturated carbocycles. The third kappa shape index (κ3) is 5.36. The SMILES string of the molecule is CCC#COC(C)C. The van der Waals surface area contributed by atoms with Crippen LogP contribution in [-0.4, -0.2) is 6.10 Å². The lowest BCUT2D eigenvalue weighted by Gasteiger charge is -1.96. The molecule has 0 heterocycles. The van der Waals surface area contributed by atoms with Crippen molar-refractivity contribution in [3.8, 4) is 12.0 Å². The van der Waals surface area contributed by atoms with E-state index < -0.39 is 0 Å². The highest BCUT2D eigenvalue weighted by Crippen LogP contribution is 1.83. The molecule has 0 saturated heterocycles. The molecular weight excluding hydrogens is 100 g/mol. The zero-order valence-electron chi connectivity index (χ0n) is 5.69. The predicted octanol–water partition coefficient (Wildman–Crippen LogP) is 1.78. The maximum absolute atomic E-state index is 4.92. The van der Waals surface area contributed by atoms with Gasteiger partial charge < -0.3 is 4.74 Å². The molecular formula is C7H12O. The molecule has 1 heteroatoms. The van der Waals surface area contributed by atoms with Gasteiger partial charge in [0.15, 0.2) is 0 Å². The largest absolute Gasteiger partial charge is 0.444 e. The highest BCUT2D eigenvalue weighted by molar-refractivity contribution is 4.89. The van der Waals surface area contributed by atoms with E-state index in [4.69, 9.17) is 4.74 Å². The van der Waals surface area contributed by atoms with Gasteiger partial charge in [-0.15, -0.1) is 0 Å². The van der Waals surface area contributed by atoms with Gasteiger partial charge in [-0.05, 0) is 13.8 Å². The van der Waals surface area contributed by atoms with Gasteiger partial charge in [0.25, 0.3) is 0 Å². The summed E-state index contributed by atoms with van der Waals surface area (Å²) in [6.45, 7) is 5.92. The fourth-order valence-electron chi connectivity index (χ4n) is 0.232. The average Bonchev–Trinajstić information content (AvgIpc) is 1.66. The third-order valence-electron chi connectivity index (χ3n) is 0.544. The highest BCUT2D eigenvalue weighted by Gasteiger charge is 1.83. The molecule has 0 bridgehead atoms. The third-order valence-corrected chi connectivity index (χ3v) is 0.544. The number of ether oxygens (including phenoxy) is 1. The van der Waals surface area contributed by atoms with Gasteiger partial charge in [0.2, 0.25) is 0 Å². The lowest BCUT2D eigenvalue weighted by molar-refractivity contribution is 0.204. The lowest BCUT2D eigenvalue weighted by atomic mass is 10.5. The molecule has 0 aliphatic carbocycles. The van der Waals surface area contributed by atoms with E-state index in [-0.39, 0.29) is 6.10 Å². The molecule has 0 rings (SSSR count). The van der Waals surface area contributed by atoms with Crippen molar-refractivity contribution in [2.75, 3.05) is 0 Å².